The molecule has 1 aliphatic rings. The Bertz CT molecular complexity index is 1540. The van der Waals surface area contributed by atoms with E-state index < -0.39 is 12.1 Å². The summed E-state index contributed by atoms with van der Waals surface area (Å²) in [5.74, 6) is 1.47. The van der Waals surface area contributed by atoms with Crippen molar-refractivity contribution in [3.63, 3.8) is 0 Å². The second kappa shape index (κ2) is 12.1. The molecule has 2 heterocycles. The number of hydrogen-bond donors (Lipinski definition) is 0. The maximum atomic E-state index is 13.7. The Kier molecular flexibility index (Phi) is 8.47. The van der Waals surface area contributed by atoms with Gasteiger partial charge in [-0.2, -0.15) is 13.2 Å². The first-order valence-electron chi connectivity index (χ1n) is 14.0. The van der Waals surface area contributed by atoms with Crippen LogP contribution in [0.2, 0.25) is 0 Å². The standard InChI is InChI=1S/C31H36F3N5O3/c1-19-6-8-21(26(14-19)41-4)17-38(18-22-9-11-24(40-3)16-27(22)42-5)29-30-37-36-28(39(30)13-12-35-29)25-15-23(31(32,33)34)10-7-20(25)2/h6,8-9,11-14,16,20,23,25H,7,10,15,17-18H2,1-5H3. The summed E-state index contributed by atoms with van der Waals surface area (Å²) < 4.78 is 59.6. The molecule has 0 amide bonds. The summed E-state index contributed by atoms with van der Waals surface area (Å²) in [7, 11) is 4.84. The molecule has 2 aromatic carbocycles. The highest BCUT2D eigenvalue weighted by atomic mass is 19.4. The van der Waals surface area contributed by atoms with E-state index in [-0.39, 0.29) is 24.7 Å². The molecule has 224 valence electrons. The van der Waals surface area contributed by atoms with Crippen LogP contribution in [0.25, 0.3) is 5.65 Å². The molecular weight excluding hydrogens is 547 g/mol. The highest BCUT2D eigenvalue weighted by Gasteiger charge is 2.45. The molecule has 11 heteroatoms. The number of rotatable bonds is 9. The van der Waals surface area contributed by atoms with E-state index >= 15 is 0 Å². The van der Waals surface area contributed by atoms with Gasteiger partial charge in [0.1, 0.15) is 23.1 Å². The minimum Gasteiger partial charge on any atom is -0.497 e. The second-order valence-corrected chi connectivity index (χ2v) is 11.0. The molecular formula is C31H36F3N5O3. The van der Waals surface area contributed by atoms with Gasteiger partial charge in [0.25, 0.3) is 0 Å². The molecule has 0 N–H and O–H groups in total. The van der Waals surface area contributed by atoms with Gasteiger partial charge >= 0.3 is 6.18 Å². The predicted octanol–water partition coefficient (Wildman–Crippen LogP) is 6.75. The first kappa shape index (κ1) is 29.5. The fourth-order valence-corrected chi connectivity index (χ4v) is 5.87. The van der Waals surface area contributed by atoms with Crippen molar-refractivity contribution in [1.29, 1.82) is 0 Å². The number of benzene rings is 2. The van der Waals surface area contributed by atoms with Crippen LogP contribution in [-0.4, -0.2) is 47.1 Å². The van der Waals surface area contributed by atoms with Gasteiger partial charge in [-0.15, -0.1) is 10.2 Å². The number of methoxy groups -OCH3 is 3. The highest BCUT2D eigenvalue weighted by Crippen LogP contribution is 2.46. The number of aryl methyl sites for hydroxylation is 1. The van der Waals surface area contributed by atoms with Crippen molar-refractivity contribution in [2.24, 2.45) is 11.8 Å². The lowest BCUT2D eigenvalue weighted by Gasteiger charge is -2.34. The molecule has 3 atom stereocenters. The summed E-state index contributed by atoms with van der Waals surface area (Å²) in [5, 5.41) is 8.95. The van der Waals surface area contributed by atoms with E-state index in [0.29, 0.717) is 48.3 Å². The number of fused-ring (bicyclic) bond motifs is 1. The van der Waals surface area contributed by atoms with Gasteiger partial charge in [0.2, 0.25) is 5.65 Å². The van der Waals surface area contributed by atoms with Crippen LogP contribution in [0.3, 0.4) is 0 Å². The minimum atomic E-state index is -4.23. The summed E-state index contributed by atoms with van der Waals surface area (Å²) in [6.07, 6.45) is -0.229. The number of halogens is 3. The van der Waals surface area contributed by atoms with Crippen molar-refractivity contribution >= 4 is 11.5 Å². The van der Waals surface area contributed by atoms with E-state index in [2.05, 4.69) is 10.2 Å². The SMILES string of the molecule is COc1ccc(CN(Cc2ccc(C)cc2OC)c2nccn3c(C4CC(C(F)(F)F)CCC4C)nnc23)c(OC)c1. The van der Waals surface area contributed by atoms with Gasteiger partial charge in [-0.1, -0.05) is 19.1 Å². The van der Waals surface area contributed by atoms with Crippen molar-refractivity contribution < 1.29 is 27.4 Å². The van der Waals surface area contributed by atoms with E-state index in [1.165, 1.54) is 0 Å². The summed E-state index contributed by atoms with van der Waals surface area (Å²) in [4.78, 5) is 6.76. The molecule has 8 nitrogen and oxygen atoms in total. The Morgan fingerprint density at radius 3 is 2.29 bits per heavy atom. The Morgan fingerprint density at radius 2 is 1.62 bits per heavy atom. The first-order chi connectivity index (χ1) is 20.1. The Morgan fingerprint density at radius 1 is 0.929 bits per heavy atom. The van der Waals surface area contributed by atoms with Crippen molar-refractivity contribution in [2.75, 3.05) is 26.2 Å². The summed E-state index contributed by atoms with van der Waals surface area (Å²) in [6, 6.07) is 11.6. The van der Waals surface area contributed by atoms with Crippen LogP contribution in [0.4, 0.5) is 19.0 Å². The molecule has 0 aliphatic heterocycles. The number of anilines is 1. The van der Waals surface area contributed by atoms with Crippen molar-refractivity contribution in [3.8, 4) is 17.2 Å². The zero-order chi connectivity index (χ0) is 30.0. The average Bonchev–Trinajstić information content (AvgIpc) is 3.41. The zero-order valence-electron chi connectivity index (χ0n) is 24.5. The predicted molar refractivity (Wildman–Crippen MR) is 153 cm³/mol. The Labute approximate surface area is 243 Å². The highest BCUT2D eigenvalue weighted by molar-refractivity contribution is 5.65. The smallest absolute Gasteiger partial charge is 0.391 e. The normalized spacial score (nSPS) is 19.1. The maximum absolute atomic E-state index is 13.7. The van der Waals surface area contributed by atoms with Crippen LogP contribution in [0.1, 0.15) is 54.6 Å². The molecule has 1 fully saturated rings. The number of ether oxygens (including phenoxy) is 3. The van der Waals surface area contributed by atoms with E-state index in [4.69, 9.17) is 19.2 Å². The van der Waals surface area contributed by atoms with Gasteiger partial charge in [-0.05, 0) is 55.9 Å². The van der Waals surface area contributed by atoms with E-state index in [1.807, 2.05) is 55.1 Å². The van der Waals surface area contributed by atoms with Crippen LogP contribution >= 0.6 is 0 Å². The third-order valence-electron chi connectivity index (χ3n) is 8.28. The number of alkyl halides is 3. The lowest BCUT2D eigenvalue weighted by molar-refractivity contribution is -0.185. The molecule has 2 aromatic heterocycles. The molecule has 0 saturated heterocycles. The lowest BCUT2D eigenvalue weighted by Crippen LogP contribution is -2.32. The fraction of sp³-hybridized carbons (Fsp3) is 0.452. The average molecular weight is 584 g/mol. The lowest BCUT2D eigenvalue weighted by atomic mass is 9.74. The minimum absolute atomic E-state index is 0.00353. The number of hydrogen-bond acceptors (Lipinski definition) is 7. The van der Waals surface area contributed by atoms with Gasteiger partial charge in [0.05, 0.1) is 27.2 Å². The van der Waals surface area contributed by atoms with Crippen molar-refractivity contribution in [1.82, 2.24) is 19.6 Å². The summed E-state index contributed by atoms with van der Waals surface area (Å²) in [5.41, 5.74) is 3.38. The number of nitrogens with zero attached hydrogens (tertiary/aromatic N) is 5. The molecule has 1 aliphatic carbocycles. The van der Waals surface area contributed by atoms with Gasteiger partial charge < -0.3 is 19.1 Å². The van der Waals surface area contributed by atoms with Crippen molar-refractivity contribution in [3.05, 3.63) is 71.3 Å². The van der Waals surface area contributed by atoms with Crippen molar-refractivity contribution in [2.45, 2.75) is 58.3 Å². The second-order valence-electron chi connectivity index (χ2n) is 11.0. The van der Waals surface area contributed by atoms with E-state index in [1.54, 1.807) is 38.1 Å². The first-order valence-corrected chi connectivity index (χ1v) is 14.0. The monoisotopic (exact) mass is 583 g/mol. The van der Waals surface area contributed by atoms with Crippen LogP contribution in [0.5, 0.6) is 17.2 Å². The van der Waals surface area contributed by atoms with E-state index in [0.717, 1.165) is 22.4 Å². The Hall–Kier alpha value is -4.02. The summed E-state index contributed by atoms with van der Waals surface area (Å²) >= 11 is 0. The summed E-state index contributed by atoms with van der Waals surface area (Å²) in [6.45, 7) is 4.81. The molecule has 5 rings (SSSR count). The van der Waals surface area contributed by atoms with Crippen LogP contribution in [0.15, 0.2) is 48.8 Å². The van der Waals surface area contributed by atoms with Gasteiger partial charge in [0, 0.05) is 48.6 Å². The molecule has 42 heavy (non-hydrogen) atoms. The van der Waals surface area contributed by atoms with Gasteiger partial charge in [-0.25, -0.2) is 4.98 Å². The fourth-order valence-electron chi connectivity index (χ4n) is 5.87. The largest absolute Gasteiger partial charge is 0.497 e. The van der Waals surface area contributed by atoms with Crippen LogP contribution in [-0.2, 0) is 13.1 Å². The quantitative estimate of drug-likeness (QED) is 0.216. The molecule has 0 bridgehead atoms. The molecule has 1 saturated carbocycles. The van der Waals surface area contributed by atoms with Crippen LogP contribution < -0.4 is 19.1 Å². The van der Waals surface area contributed by atoms with E-state index in [9.17, 15) is 13.2 Å². The van der Waals surface area contributed by atoms with Crippen LogP contribution in [0, 0.1) is 18.8 Å². The molecule has 0 spiro atoms. The Balaban J connectivity index is 1.58. The molecule has 0 radical (unpaired) electrons. The van der Waals surface area contributed by atoms with Gasteiger partial charge in [0.15, 0.2) is 5.82 Å². The maximum Gasteiger partial charge on any atom is 0.391 e. The third kappa shape index (κ3) is 5.96. The topological polar surface area (TPSA) is 74.0 Å². The van der Waals surface area contributed by atoms with Gasteiger partial charge in [-0.3, -0.25) is 4.40 Å². The third-order valence-corrected chi connectivity index (χ3v) is 8.28. The molecule has 4 aromatic rings. The molecule has 3 unspecified atom stereocenters. The zero-order valence-corrected chi connectivity index (χ0v) is 24.5. The number of aromatic nitrogens is 4.